The molecule has 4 aliphatic rings. The zero-order valence-electron chi connectivity index (χ0n) is 13.6. The van der Waals surface area contributed by atoms with Crippen LogP contribution in [0.1, 0.15) is 65.2 Å². The molecule has 7 atom stereocenters. The zero-order valence-corrected chi connectivity index (χ0v) is 13.6. The second-order valence-corrected chi connectivity index (χ2v) is 8.88. The molecule has 4 aliphatic carbocycles. The highest BCUT2D eigenvalue weighted by Gasteiger charge is 2.57. The summed E-state index contributed by atoms with van der Waals surface area (Å²) in [5, 5.41) is 10.0. The maximum atomic E-state index is 10.0. The number of aliphatic hydroxyl groups is 1. The lowest BCUT2D eigenvalue weighted by Gasteiger charge is -2.57. The average molecular weight is 289 g/mol. The van der Waals surface area contributed by atoms with Crippen molar-refractivity contribution in [2.75, 3.05) is 0 Å². The fraction of sp³-hybridized carbons (Fsp3) is 0.895. The molecule has 2 heteroatoms. The van der Waals surface area contributed by atoms with Crippen molar-refractivity contribution >= 4 is 0 Å². The third kappa shape index (κ3) is 1.84. The van der Waals surface area contributed by atoms with Gasteiger partial charge in [-0.25, -0.2) is 0 Å². The Morgan fingerprint density at radius 3 is 2.71 bits per heavy atom. The van der Waals surface area contributed by atoms with Crippen LogP contribution in [0.4, 0.5) is 0 Å². The SMILES string of the molecule is C[C@]12CC[C@H]3[C@@H](CC=C4CC(O)CC[C@@]43C)[C@@H]1CC[C@@H]2N. The van der Waals surface area contributed by atoms with Gasteiger partial charge in [-0.15, -0.1) is 0 Å². The van der Waals surface area contributed by atoms with Gasteiger partial charge in [-0.05, 0) is 80.0 Å². The molecule has 0 aromatic heterocycles. The summed E-state index contributed by atoms with van der Waals surface area (Å²) in [4.78, 5) is 0. The summed E-state index contributed by atoms with van der Waals surface area (Å²) < 4.78 is 0. The molecule has 0 aliphatic heterocycles. The predicted octanol–water partition coefficient (Wildman–Crippen LogP) is 3.64. The number of hydrogen-bond acceptors (Lipinski definition) is 2. The van der Waals surface area contributed by atoms with Gasteiger partial charge in [0.1, 0.15) is 0 Å². The molecular formula is C19H31NO. The minimum absolute atomic E-state index is 0.0883. The first-order valence-electron chi connectivity index (χ1n) is 9.08. The number of allylic oxidation sites excluding steroid dienone is 1. The molecule has 4 rings (SSSR count). The summed E-state index contributed by atoms with van der Waals surface area (Å²) in [5.41, 5.74) is 8.83. The molecule has 0 aromatic carbocycles. The Kier molecular flexibility index (Phi) is 3.11. The standard InChI is InChI=1S/C19H31NO/c1-18-9-7-13(21)11-12(18)3-4-14-15-5-6-17(20)19(15,2)10-8-16(14)18/h3,13-17,21H,4-11,20H2,1-2H3/t13?,14-,15-,16-,17-,18-,19-/m0/s1. The smallest absolute Gasteiger partial charge is 0.0577 e. The lowest BCUT2D eigenvalue weighted by atomic mass is 9.48. The highest BCUT2D eigenvalue weighted by molar-refractivity contribution is 5.25. The molecule has 2 nitrogen and oxygen atoms in total. The minimum atomic E-state index is -0.0883. The van der Waals surface area contributed by atoms with Crippen LogP contribution in [0.5, 0.6) is 0 Å². The van der Waals surface area contributed by atoms with Crippen LogP contribution in [0.3, 0.4) is 0 Å². The molecule has 0 radical (unpaired) electrons. The largest absolute Gasteiger partial charge is 0.393 e. The first-order chi connectivity index (χ1) is 9.95. The van der Waals surface area contributed by atoms with E-state index in [1.54, 1.807) is 5.57 Å². The summed E-state index contributed by atoms with van der Waals surface area (Å²) in [7, 11) is 0. The summed E-state index contributed by atoms with van der Waals surface area (Å²) in [6, 6.07) is 0.426. The number of nitrogens with two attached hydrogens (primary N) is 1. The Bertz CT molecular complexity index is 472. The van der Waals surface area contributed by atoms with Crippen LogP contribution in [-0.2, 0) is 0 Å². The van der Waals surface area contributed by atoms with Crippen LogP contribution in [0.25, 0.3) is 0 Å². The van der Waals surface area contributed by atoms with Gasteiger partial charge in [0.2, 0.25) is 0 Å². The zero-order chi connectivity index (χ0) is 14.8. The van der Waals surface area contributed by atoms with Crippen LogP contribution >= 0.6 is 0 Å². The van der Waals surface area contributed by atoms with Crippen molar-refractivity contribution in [1.29, 1.82) is 0 Å². The highest BCUT2D eigenvalue weighted by Crippen LogP contribution is 2.64. The third-order valence-electron chi connectivity index (χ3n) is 8.15. The van der Waals surface area contributed by atoms with Gasteiger partial charge in [-0.1, -0.05) is 25.5 Å². The molecule has 118 valence electrons. The molecule has 21 heavy (non-hydrogen) atoms. The first kappa shape index (κ1) is 14.3. The average Bonchev–Trinajstić information content (AvgIpc) is 2.76. The Labute approximate surface area is 129 Å². The second-order valence-electron chi connectivity index (χ2n) is 8.88. The van der Waals surface area contributed by atoms with Crippen LogP contribution < -0.4 is 5.73 Å². The monoisotopic (exact) mass is 289 g/mol. The van der Waals surface area contributed by atoms with E-state index >= 15 is 0 Å². The fourth-order valence-corrected chi connectivity index (χ4v) is 6.68. The molecule has 0 spiro atoms. The maximum absolute atomic E-state index is 10.0. The van der Waals surface area contributed by atoms with Gasteiger partial charge in [0, 0.05) is 6.04 Å². The van der Waals surface area contributed by atoms with Crippen molar-refractivity contribution in [2.24, 2.45) is 34.3 Å². The van der Waals surface area contributed by atoms with Crippen LogP contribution in [0, 0.1) is 28.6 Å². The highest BCUT2D eigenvalue weighted by atomic mass is 16.3. The summed E-state index contributed by atoms with van der Waals surface area (Å²) in [6.07, 6.45) is 12.1. The van der Waals surface area contributed by atoms with Crippen LogP contribution in [-0.4, -0.2) is 17.3 Å². The Balaban J connectivity index is 1.68. The van der Waals surface area contributed by atoms with Crippen molar-refractivity contribution in [2.45, 2.75) is 77.4 Å². The molecule has 0 heterocycles. The van der Waals surface area contributed by atoms with Gasteiger partial charge < -0.3 is 10.8 Å². The van der Waals surface area contributed by atoms with E-state index in [1.807, 2.05) is 0 Å². The van der Waals surface area contributed by atoms with Crippen LogP contribution in [0.2, 0.25) is 0 Å². The minimum Gasteiger partial charge on any atom is -0.393 e. The Morgan fingerprint density at radius 1 is 1.10 bits per heavy atom. The van der Waals surface area contributed by atoms with Crippen molar-refractivity contribution in [3.8, 4) is 0 Å². The molecule has 3 N–H and O–H groups in total. The molecule has 3 saturated carbocycles. The van der Waals surface area contributed by atoms with E-state index in [4.69, 9.17) is 5.73 Å². The normalized spacial score (nSPS) is 56.2. The summed E-state index contributed by atoms with van der Waals surface area (Å²) in [6.45, 7) is 4.97. The van der Waals surface area contributed by atoms with Crippen molar-refractivity contribution in [3.63, 3.8) is 0 Å². The van der Waals surface area contributed by atoms with E-state index < -0.39 is 0 Å². The topological polar surface area (TPSA) is 46.2 Å². The second kappa shape index (κ2) is 4.58. The molecular weight excluding hydrogens is 258 g/mol. The Hall–Kier alpha value is -0.340. The number of fused-ring (bicyclic) bond motifs is 5. The first-order valence-corrected chi connectivity index (χ1v) is 9.08. The summed E-state index contributed by atoms with van der Waals surface area (Å²) in [5.74, 6) is 2.53. The Morgan fingerprint density at radius 2 is 1.90 bits per heavy atom. The van der Waals surface area contributed by atoms with Crippen molar-refractivity contribution < 1.29 is 5.11 Å². The van der Waals surface area contributed by atoms with Crippen LogP contribution in [0.15, 0.2) is 11.6 Å². The van der Waals surface area contributed by atoms with Gasteiger partial charge in [-0.2, -0.15) is 0 Å². The van der Waals surface area contributed by atoms with Crippen molar-refractivity contribution in [3.05, 3.63) is 11.6 Å². The van der Waals surface area contributed by atoms with E-state index in [1.165, 1.54) is 38.5 Å². The van der Waals surface area contributed by atoms with E-state index in [0.29, 0.717) is 16.9 Å². The molecule has 0 saturated heterocycles. The van der Waals surface area contributed by atoms with E-state index in [2.05, 4.69) is 19.9 Å². The van der Waals surface area contributed by atoms with Gasteiger partial charge in [0.05, 0.1) is 6.10 Å². The van der Waals surface area contributed by atoms with E-state index in [-0.39, 0.29) is 6.10 Å². The number of rotatable bonds is 0. The third-order valence-corrected chi connectivity index (χ3v) is 8.15. The molecule has 0 aromatic rings. The molecule has 0 amide bonds. The van der Waals surface area contributed by atoms with E-state index in [0.717, 1.165) is 30.6 Å². The molecule has 1 unspecified atom stereocenters. The van der Waals surface area contributed by atoms with E-state index in [9.17, 15) is 5.11 Å². The quantitative estimate of drug-likeness (QED) is 0.669. The predicted molar refractivity (Wildman–Crippen MR) is 85.7 cm³/mol. The molecule has 0 bridgehead atoms. The summed E-state index contributed by atoms with van der Waals surface area (Å²) >= 11 is 0. The van der Waals surface area contributed by atoms with Crippen molar-refractivity contribution in [1.82, 2.24) is 0 Å². The fourth-order valence-electron chi connectivity index (χ4n) is 6.68. The number of aliphatic hydroxyl groups excluding tert-OH is 1. The lowest BCUT2D eigenvalue weighted by molar-refractivity contribution is -0.0401. The lowest BCUT2D eigenvalue weighted by Crippen LogP contribution is -2.52. The van der Waals surface area contributed by atoms with Gasteiger partial charge in [0.15, 0.2) is 0 Å². The van der Waals surface area contributed by atoms with Gasteiger partial charge in [0.25, 0.3) is 0 Å². The van der Waals surface area contributed by atoms with Gasteiger partial charge >= 0.3 is 0 Å². The van der Waals surface area contributed by atoms with Gasteiger partial charge in [-0.3, -0.25) is 0 Å². The number of hydrogen-bond donors (Lipinski definition) is 2. The maximum Gasteiger partial charge on any atom is 0.0577 e. The molecule has 3 fully saturated rings.